The molecule has 0 spiro atoms. The van der Waals surface area contributed by atoms with Crippen molar-refractivity contribution in [2.45, 2.75) is 45.3 Å². The van der Waals surface area contributed by atoms with E-state index in [2.05, 4.69) is 10.6 Å². The molecule has 2 unspecified atom stereocenters. The Morgan fingerprint density at radius 2 is 1.85 bits per heavy atom. The summed E-state index contributed by atoms with van der Waals surface area (Å²) in [5.74, 6) is 0.280. The molecule has 150 valence electrons. The molecule has 3 atom stereocenters. The molecule has 0 radical (unpaired) electrons. The predicted molar refractivity (Wildman–Crippen MR) is 112 cm³/mol. The number of carbonyl (C=O) groups is 2. The van der Waals surface area contributed by atoms with Gasteiger partial charge in [-0.25, -0.2) is 0 Å². The van der Waals surface area contributed by atoms with Gasteiger partial charge in [-0.15, -0.1) is 0 Å². The highest BCUT2D eigenvalue weighted by molar-refractivity contribution is 7.98. The summed E-state index contributed by atoms with van der Waals surface area (Å²) in [7, 11) is 0. The maximum atomic E-state index is 12.6. The molecule has 0 aliphatic rings. The van der Waals surface area contributed by atoms with Gasteiger partial charge in [0.05, 0.1) is 6.04 Å². The molecular weight excluding hydrogens is 362 g/mol. The van der Waals surface area contributed by atoms with E-state index in [1.54, 1.807) is 23.9 Å². The molecule has 0 aromatic heterocycles. The lowest BCUT2D eigenvalue weighted by Crippen LogP contribution is -2.53. The molecule has 0 aliphatic heterocycles. The maximum absolute atomic E-state index is 12.6. The zero-order chi connectivity index (χ0) is 20.4. The Kier molecular flexibility index (Phi) is 9.88. The average molecular weight is 394 g/mol. The Bertz CT molecular complexity index is 635. The van der Waals surface area contributed by atoms with Gasteiger partial charge in [-0.2, -0.15) is 11.8 Å². The summed E-state index contributed by atoms with van der Waals surface area (Å²) in [4.78, 5) is 24.9. The van der Waals surface area contributed by atoms with Gasteiger partial charge in [-0.1, -0.05) is 44.5 Å². The van der Waals surface area contributed by atoms with Gasteiger partial charge < -0.3 is 22.1 Å². The number of carbonyl (C=O) groups excluding carboxylic acids is 2. The third-order valence-corrected chi connectivity index (χ3v) is 5.18. The summed E-state index contributed by atoms with van der Waals surface area (Å²) in [5.41, 5.74) is 12.9. The fourth-order valence-corrected chi connectivity index (χ4v) is 2.87. The van der Waals surface area contributed by atoms with Crippen LogP contribution in [0.15, 0.2) is 24.3 Å². The summed E-state index contributed by atoms with van der Waals surface area (Å²) < 4.78 is 0. The number of hydrogen-bond donors (Lipinski definition) is 5. The first kappa shape index (κ1) is 23.0. The molecule has 7 N–H and O–H groups in total. The second-order valence-electron chi connectivity index (χ2n) is 6.58. The van der Waals surface area contributed by atoms with Crippen molar-refractivity contribution in [2.75, 3.05) is 12.0 Å². The van der Waals surface area contributed by atoms with Gasteiger partial charge in [0.25, 0.3) is 0 Å². The number of thioether (sulfide) groups is 1. The molecule has 2 amide bonds. The minimum atomic E-state index is -0.626. The fourth-order valence-electron chi connectivity index (χ4n) is 2.40. The summed E-state index contributed by atoms with van der Waals surface area (Å²) in [6.07, 6.45) is 3.29. The van der Waals surface area contributed by atoms with E-state index < -0.39 is 12.1 Å². The highest BCUT2D eigenvalue weighted by Crippen LogP contribution is 2.08. The topological polar surface area (TPSA) is 134 Å². The van der Waals surface area contributed by atoms with Gasteiger partial charge in [-0.3, -0.25) is 15.0 Å². The van der Waals surface area contributed by atoms with Crippen LogP contribution >= 0.6 is 11.8 Å². The van der Waals surface area contributed by atoms with Gasteiger partial charge >= 0.3 is 0 Å². The Hall–Kier alpha value is -2.06. The SMILES string of the molecule is CCC(C)[C@@H](N)C(=O)NC(CCSC)C(=O)NCc1ccc(C(=N)N)cc1. The molecule has 0 bridgehead atoms. The largest absolute Gasteiger partial charge is 0.384 e. The van der Waals surface area contributed by atoms with E-state index in [-0.39, 0.29) is 23.6 Å². The van der Waals surface area contributed by atoms with Gasteiger partial charge in [0.15, 0.2) is 0 Å². The number of nitrogen functional groups attached to an aromatic ring is 1. The van der Waals surface area contributed by atoms with Gasteiger partial charge in [0, 0.05) is 12.1 Å². The van der Waals surface area contributed by atoms with Crippen LogP contribution in [0.1, 0.15) is 37.8 Å². The monoisotopic (exact) mass is 393 g/mol. The van der Waals surface area contributed by atoms with Crippen LogP contribution in [0.4, 0.5) is 0 Å². The second-order valence-corrected chi connectivity index (χ2v) is 7.57. The number of amidine groups is 1. The minimum Gasteiger partial charge on any atom is -0.384 e. The summed E-state index contributed by atoms with van der Waals surface area (Å²) in [6, 6.07) is 5.86. The van der Waals surface area contributed by atoms with Crippen molar-refractivity contribution in [1.29, 1.82) is 5.41 Å². The quantitative estimate of drug-likeness (QED) is 0.284. The average Bonchev–Trinajstić information content (AvgIpc) is 2.67. The highest BCUT2D eigenvalue weighted by atomic mass is 32.2. The molecular formula is C19H31N5O2S. The lowest BCUT2D eigenvalue weighted by Gasteiger charge is -2.23. The predicted octanol–water partition coefficient (Wildman–Crippen LogP) is 1.20. The maximum Gasteiger partial charge on any atom is 0.242 e. The third-order valence-electron chi connectivity index (χ3n) is 4.54. The number of amides is 2. The van der Waals surface area contributed by atoms with Crippen molar-refractivity contribution in [3.05, 3.63) is 35.4 Å². The molecule has 0 fully saturated rings. The molecule has 0 aliphatic carbocycles. The van der Waals surface area contributed by atoms with Crippen LogP contribution in [-0.2, 0) is 16.1 Å². The van der Waals surface area contributed by atoms with Gasteiger partial charge in [0.1, 0.15) is 11.9 Å². The molecule has 7 nitrogen and oxygen atoms in total. The first-order valence-electron chi connectivity index (χ1n) is 9.06. The molecule has 0 saturated carbocycles. The fraction of sp³-hybridized carbons (Fsp3) is 0.526. The van der Waals surface area contributed by atoms with Crippen LogP contribution in [0, 0.1) is 11.3 Å². The van der Waals surface area contributed by atoms with E-state index in [0.29, 0.717) is 18.5 Å². The van der Waals surface area contributed by atoms with Crippen LogP contribution in [-0.4, -0.2) is 41.7 Å². The smallest absolute Gasteiger partial charge is 0.242 e. The number of nitrogens with two attached hydrogens (primary N) is 2. The Labute approximate surface area is 165 Å². The number of nitrogens with one attached hydrogen (secondary N) is 3. The van der Waals surface area contributed by atoms with E-state index in [1.165, 1.54) is 0 Å². The first-order valence-corrected chi connectivity index (χ1v) is 10.4. The number of hydrogen-bond acceptors (Lipinski definition) is 5. The molecule has 0 heterocycles. The van der Waals surface area contributed by atoms with E-state index in [0.717, 1.165) is 17.7 Å². The summed E-state index contributed by atoms with van der Waals surface area (Å²) in [5, 5.41) is 13.0. The van der Waals surface area contributed by atoms with Crippen molar-refractivity contribution < 1.29 is 9.59 Å². The van der Waals surface area contributed by atoms with E-state index in [1.807, 2.05) is 32.2 Å². The van der Waals surface area contributed by atoms with Gasteiger partial charge in [0.2, 0.25) is 11.8 Å². The van der Waals surface area contributed by atoms with E-state index >= 15 is 0 Å². The van der Waals surface area contributed by atoms with Crippen molar-refractivity contribution in [3.63, 3.8) is 0 Å². The standard InChI is InChI=1S/C19H31N5O2S/c1-4-12(2)16(20)19(26)24-15(9-10-27-3)18(25)23-11-13-5-7-14(8-6-13)17(21)22/h5-8,12,15-16H,4,9-11,20H2,1-3H3,(H3,21,22)(H,23,25)(H,24,26)/t12?,15?,16-/m1/s1. The van der Waals surface area contributed by atoms with Crippen molar-refractivity contribution >= 4 is 29.4 Å². The normalized spacial score (nSPS) is 14.1. The summed E-state index contributed by atoms with van der Waals surface area (Å²) >= 11 is 1.62. The number of benzene rings is 1. The first-order chi connectivity index (χ1) is 12.8. The molecule has 27 heavy (non-hydrogen) atoms. The van der Waals surface area contributed by atoms with Crippen LogP contribution in [0.5, 0.6) is 0 Å². The van der Waals surface area contributed by atoms with Crippen molar-refractivity contribution in [2.24, 2.45) is 17.4 Å². The van der Waals surface area contributed by atoms with Crippen LogP contribution in [0.3, 0.4) is 0 Å². The Morgan fingerprint density at radius 3 is 2.37 bits per heavy atom. The minimum absolute atomic E-state index is 0.00285. The number of rotatable bonds is 11. The lowest BCUT2D eigenvalue weighted by atomic mass is 9.99. The Balaban J connectivity index is 2.68. The molecule has 0 saturated heterocycles. The van der Waals surface area contributed by atoms with E-state index in [9.17, 15) is 9.59 Å². The molecule has 1 rings (SSSR count). The van der Waals surface area contributed by atoms with Crippen molar-refractivity contribution in [3.8, 4) is 0 Å². The van der Waals surface area contributed by atoms with Gasteiger partial charge in [-0.05, 0) is 29.9 Å². The lowest BCUT2D eigenvalue weighted by molar-refractivity contribution is -0.130. The van der Waals surface area contributed by atoms with Crippen molar-refractivity contribution in [1.82, 2.24) is 10.6 Å². The summed E-state index contributed by atoms with van der Waals surface area (Å²) in [6.45, 7) is 4.24. The van der Waals surface area contributed by atoms with Crippen LogP contribution < -0.4 is 22.1 Å². The Morgan fingerprint density at radius 1 is 1.22 bits per heavy atom. The van der Waals surface area contributed by atoms with E-state index in [4.69, 9.17) is 16.9 Å². The van der Waals surface area contributed by atoms with Crippen LogP contribution in [0.25, 0.3) is 0 Å². The molecule has 1 aromatic rings. The second kappa shape index (κ2) is 11.6. The zero-order valence-electron chi connectivity index (χ0n) is 16.2. The zero-order valence-corrected chi connectivity index (χ0v) is 17.1. The third kappa shape index (κ3) is 7.60. The molecule has 1 aromatic carbocycles. The molecule has 8 heteroatoms. The highest BCUT2D eigenvalue weighted by Gasteiger charge is 2.25. The van der Waals surface area contributed by atoms with Crippen LogP contribution in [0.2, 0.25) is 0 Å².